The molecule has 0 bridgehead atoms. The second-order valence-electron chi connectivity index (χ2n) is 15.5. The fraction of sp³-hybridized carbons (Fsp3) is 0.234. The SMILES string of the molecule is C=C.CC(C)(C)c1ccc2c(c1)=[C-]C1=C(C3C=Cc4ccccc43)C(C)(C(C)(C)C)C=C(c3cc4ccccc4c4ccccc34)C=21.[Cl-].[Cl-].[Zr+3]. The third-order valence-corrected chi connectivity index (χ3v) is 10.9. The quantitative estimate of drug-likeness (QED) is 0.132. The Labute approximate surface area is 330 Å². The summed E-state index contributed by atoms with van der Waals surface area (Å²) in [4.78, 5) is 0. The average molecular weight is 772 g/mol. The summed E-state index contributed by atoms with van der Waals surface area (Å²) in [6.45, 7) is 22.6. The van der Waals surface area contributed by atoms with Gasteiger partial charge in [-0.05, 0) is 66.5 Å². The Bertz CT molecular complexity index is 2320. The average Bonchev–Trinajstić information content (AvgIpc) is 3.65. The molecule has 50 heavy (non-hydrogen) atoms. The Kier molecular flexibility index (Phi) is 11.4. The molecule has 1 radical (unpaired) electrons. The van der Waals surface area contributed by atoms with E-state index in [1.807, 2.05) is 0 Å². The van der Waals surface area contributed by atoms with E-state index in [9.17, 15) is 0 Å². The fourth-order valence-electron chi connectivity index (χ4n) is 7.93. The van der Waals surface area contributed by atoms with Crippen LogP contribution < -0.4 is 35.3 Å². The van der Waals surface area contributed by atoms with Crippen LogP contribution in [0.15, 0.2) is 134 Å². The maximum Gasteiger partial charge on any atom is 3.00 e. The molecule has 251 valence electrons. The second-order valence-corrected chi connectivity index (χ2v) is 15.5. The van der Waals surface area contributed by atoms with Crippen molar-refractivity contribution in [2.75, 3.05) is 0 Å². The van der Waals surface area contributed by atoms with E-state index in [2.05, 4.69) is 183 Å². The molecule has 8 rings (SSSR count). The van der Waals surface area contributed by atoms with E-state index in [1.54, 1.807) is 0 Å². The molecule has 3 aliphatic rings. The topological polar surface area (TPSA) is 0 Å². The Hall–Kier alpha value is -3.22. The molecule has 0 aliphatic heterocycles. The maximum atomic E-state index is 4.09. The molecule has 0 fully saturated rings. The first-order valence-electron chi connectivity index (χ1n) is 16.9. The van der Waals surface area contributed by atoms with Crippen LogP contribution in [-0.4, -0.2) is 0 Å². The maximum absolute atomic E-state index is 4.09. The normalized spacial score (nSPS) is 18.7. The van der Waals surface area contributed by atoms with Crippen molar-refractivity contribution in [2.24, 2.45) is 10.8 Å². The number of halogens is 2. The van der Waals surface area contributed by atoms with E-state index in [-0.39, 0.29) is 73.2 Å². The van der Waals surface area contributed by atoms with Crippen molar-refractivity contribution in [3.05, 3.63) is 166 Å². The molecule has 3 aliphatic carbocycles. The van der Waals surface area contributed by atoms with Crippen LogP contribution in [0.1, 0.15) is 76.6 Å². The van der Waals surface area contributed by atoms with Gasteiger partial charge in [0.1, 0.15) is 0 Å². The first kappa shape index (κ1) is 39.6. The molecule has 0 nitrogen and oxygen atoms in total. The van der Waals surface area contributed by atoms with Gasteiger partial charge in [-0.25, -0.2) is 0 Å². The van der Waals surface area contributed by atoms with Gasteiger partial charge in [0.2, 0.25) is 0 Å². The number of hydrogen-bond acceptors (Lipinski definition) is 0. The van der Waals surface area contributed by atoms with Crippen LogP contribution >= 0.6 is 0 Å². The van der Waals surface area contributed by atoms with Crippen LogP contribution in [0.5, 0.6) is 0 Å². The zero-order chi connectivity index (χ0) is 33.3. The predicted molar refractivity (Wildman–Crippen MR) is 205 cm³/mol. The first-order chi connectivity index (χ1) is 22.5. The summed E-state index contributed by atoms with van der Waals surface area (Å²) < 4.78 is 0. The molecule has 0 saturated carbocycles. The third kappa shape index (κ3) is 6.19. The minimum absolute atomic E-state index is 0. The standard InChI is InChI=1S/C45H41.C2H4.2ClH.Zr/c1-43(2,3)31-21-23-34-30(24-31)26-39-41(34)40(38-25-29-15-9-11-17-33(29)35-18-12-13-19-36(35)38)27-45(7,44(4,5)6)42(39)37-22-20-28-14-8-10-16-32(28)37;1-2;;;/h8-25,27,37H,1-7H3;1-2H2;2*1H;/q-1;;;;+3/p-2. The van der Waals surface area contributed by atoms with Crippen molar-refractivity contribution in [3.63, 3.8) is 0 Å². The molecule has 0 saturated heterocycles. The van der Waals surface area contributed by atoms with Crippen molar-refractivity contribution in [1.82, 2.24) is 0 Å². The van der Waals surface area contributed by atoms with Gasteiger partial charge < -0.3 is 24.8 Å². The molecular formula is C47H45Cl2Zr. The van der Waals surface area contributed by atoms with Gasteiger partial charge in [-0.3, -0.25) is 0 Å². The monoisotopic (exact) mass is 769 g/mol. The van der Waals surface area contributed by atoms with E-state index in [1.165, 1.54) is 76.5 Å². The summed E-state index contributed by atoms with van der Waals surface area (Å²) in [6, 6.07) is 36.3. The van der Waals surface area contributed by atoms with Crippen LogP contribution in [0.4, 0.5) is 0 Å². The van der Waals surface area contributed by atoms with E-state index in [0.29, 0.717) is 0 Å². The summed E-state index contributed by atoms with van der Waals surface area (Å²) in [5.74, 6) is 0.200. The minimum atomic E-state index is -0.234. The van der Waals surface area contributed by atoms with E-state index >= 15 is 0 Å². The molecule has 0 spiro atoms. The second kappa shape index (κ2) is 14.4. The molecule has 5 aromatic carbocycles. The Balaban J connectivity index is 0.00000110. The summed E-state index contributed by atoms with van der Waals surface area (Å²) >= 11 is 0. The van der Waals surface area contributed by atoms with Crippen LogP contribution in [0.25, 0.3) is 44.8 Å². The largest absolute Gasteiger partial charge is 3.00 e. The van der Waals surface area contributed by atoms with Crippen molar-refractivity contribution in [1.29, 1.82) is 0 Å². The number of allylic oxidation sites excluding steroid dienone is 5. The molecule has 2 unspecified atom stereocenters. The molecule has 3 heteroatoms. The summed E-state index contributed by atoms with van der Waals surface area (Å²) in [7, 11) is 0. The summed E-state index contributed by atoms with van der Waals surface area (Å²) in [5.41, 5.74) is 10.6. The van der Waals surface area contributed by atoms with E-state index in [4.69, 9.17) is 0 Å². The van der Waals surface area contributed by atoms with Crippen molar-refractivity contribution < 1.29 is 51.0 Å². The molecule has 2 atom stereocenters. The third-order valence-electron chi connectivity index (χ3n) is 10.9. The Morgan fingerprint density at radius 1 is 0.720 bits per heavy atom. The summed E-state index contributed by atoms with van der Waals surface area (Å²) in [6.07, 6.45) is 11.5. The van der Waals surface area contributed by atoms with Gasteiger partial charge in [0.15, 0.2) is 0 Å². The van der Waals surface area contributed by atoms with Gasteiger partial charge in [-0.2, -0.15) is 0 Å². The molecule has 0 heterocycles. The van der Waals surface area contributed by atoms with Gasteiger partial charge in [0.25, 0.3) is 0 Å². The number of hydrogen-bond donors (Lipinski definition) is 0. The Morgan fingerprint density at radius 2 is 1.34 bits per heavy atom. The summed E-state index contributed by atoms with van der Waals surface area (Å²) in [5, 5.41) is 7.71. The smallest absolute Gasteiger partial charge is 1.00 e. The van der Waals surface area contributed by atoms with Gasteiger partial charge in [0.05, 0.1) is 0 Å². The Morgan fingerprint density at radius 3 is 2.02 bits per heavy atom. The molecular weight excluding hydrogens is 727 g/mol. The van der Waals surface area contributed by atoms with Crippen LogP contribution in [0.3, 0.4) is 0 Å². The zero-order valence-electron chi connectivity index (χ0n) is 30.2. The number of fused-ring (bicyclic) bond motifs is 6. The van der Waals surface area contributed by atoms with Crippen LogP contribution in [0, 0.1) is 10.8 Å². The van der Waals surface area contributed by atoms with Gasteiger partial charge in [-0.15, -0.1) is 52.5 Å². The van der Waals surface area contributed by atoms with Crippen molar-refractivity contribution in [3.8, 4) is 0 Å². The molecule has 0 N–H and O–H groups in total. The number of rotatable bonds is 2. The minimum Gasteiger partial charge on any atom is -1.00 e. The predicted octanol–water partition coefficient (Wildman–Crippen LogP) is 5.18. The van der Waals surface area contributed by atoms with Gasteiger partial charge >= 0.3 is 26.2 Å². The number of benzene rings is 5. The molecule has 0 aromatic heterocycles. The van der Waals surface area contributed by atoms with Crippen molar-refractivity contribution in [2.45, 2.75) is 59.8 Å². The molecule has 5 aromatic rings. The zero-order valence-corrected chi connectivity index (χ0v) is 34.2. The van der Waals surface area contributed by atoms with Crippen LogP contribution in [0.2, 0.25) is 0 Å². The fourth-order valence-corrected chi connectivity index (χ4v) is 7.93. The van der Waals surface area contributed by atoms with Crippen LogP contribution in [-0.2, 0) is 31.6 Å². The van der Waals surface area contributed by atoms with E-state index < -0.39 is 0 Å². The van der Waals surface area contributed by atoms with Gasteiger partial charge in [-0.1, -0.05) is 163 Å². The first-order valence-corrected chi connectivity index (χ1v) is 16.9. The molecule has 0 amide bonds. The van der Waals surface area contributed by atoms with E-state index in [0.717, 1.165) is 0 Å². The van der Waals surface area contributed by atoms with Crippen molar-refractivity contribution >= 4 is 44.8 Å². The van der Waals surface area contributed by atoms with Gasteiger partial charge in [0, 0.05) is 0 Å².